The second-order valence-electron chi connectivity index (χ2n) is 9.38. The van der Waals surface area contributed by atoms with Gasteiger partial charge in [-0.25, -0.2) is 0 Å². The number of amides is 2. The molecular formula is C33H25BrN2O4. The van der Waals surface area contributed by atoms with Crippen molar-refractivity contribution in [3.8, 4) is 11.5 Å². The number of anilines is 2. The van der Waals surface area contributed by atoms with Gasteiger partial charge in [0.1, 0.15) is 5.70 Å². The van der Waals surface area contributed by atoms with Gasteiger partial charge in [0.05, 0.1) is 20.3 Å². The fourth-order valence-electron chi connectivity index (χ4n) is 5.32. The number of nitrogens with zero attached hydrogens (tertiary/aromatic N) is 2. The van der Waals surface area contributed by atoms with E-state index in [1.807, 2.05) is 103 Å². The summed E-state index contributed by atoms with van der Waals surface area (Å²) in [4.78, 5) is 31.9. The van der Waals surface area contributed by atoms with E-state index in [0.29, 0.717) is 34.0 Å². The number of carbonyl (C=O) groups is 2. The van der Waals surface area contributed by atoms with Crippen LogP contribution in [0.5, 0.6) is 11.5 Å². The Labute approximate surface area is 240 Å². The van der Waals surface area contributed by atoms with E-state index in [1.54, 1.807) is 30.1 Å². The summed E-state index contributed by atoms with van der Waals surface area (Å²) in [5.74, 6) is 0.651. The van der Waals surface area contributed by atoms with Crippen LogP contribution in [0.1, 0.15) is 17.2 Å². The highest BCUT2D eigenvalue weighted by Crippen LogP contribution is 2.50. The Morgan fingerprint density at radius 2 is 1.35 bits per heavy atom. The smallest absolute Gasteiger partial charge is 0.276 e. The molecule has 0 fully saturated rings. The quantitative estimate of drug-likeness (QED) is 0.228. The van der Waals surface area contributed by atoms with Crippen LogP contribution in [-0.2, 0) is 9.59 Å². The molecule has 4 aromatic carbocycles. The van der Waals surface area contributed by atoms with Crippen molar-refractivity contribution < 1.29 is 19.1 Å². The lowest BCUT2D eigenvalue weighted by Crippen LogP contribution is -2.38. The van der Waals surface area contributed by atoms with E-state index < -0.39 is 6.04 Å². The summed E-state index contributed by atoms with van der Waals surface area (Å²) in [6, 6.07) is 31.7. The first-order valence-corrected chi connectivity index (χ1v) is 13.5. The molecule has 0 saturated carbocycles. The van der Waals surface area contributed by atoms with Crippen molar-refractivity contribution >= 4 is 45.2 Å². The maximum absolute atomic E-state index is 14.4. The molecule has 198 valence electrons. The molecule has 7 heteroatoms. The van der Waals surface area contributed by atoms with Gasteiger partial charge < -0.3 is 9.47 Å². The van der Waals surface area contributed by atoms with E-state index in [-0.39, 0.29) is 11.8 Å². The lowest BCUT2D eigenvalue weighted by atomic mass is 9.93. The summed E-state index contributed by atoms with van der Waals surface area (Å²) >= 11 is 3.53. The van der Waals surface area contributed by atoms with Crippen molar-refractivity contribution in [1.29, 1.82) is 0 Å². The van der Waals surface area contributed by atoms with Crippen LogP contribution in [0.2, 0.25) is 0 Å². The minimum Gasteiger partial charge on any atom is -0.493 e. The molecule has 0 bridgehead atoms. The highest BCUT2D eigenvalue weighted by Gasteiger charge is 2.52. The van der Waals surface area contributed by atoms with Gasteiger partial charge >= 0.3 is 0 Å². The second-order valence-corrected chi connectivity index (χ2v) is 10.3. The van der Waals surface area contributed by atoms with Crippen molar-refractivity contribution in [3.05, 3.63) is 136 Å². The van der Waals surface area contributed by atoms with Crippen LogP contribution in [0, 0.1) is 0 Å². The van der Waals surface area contributed by atoms with Gasteiger partial charge in [-0.05, 0) is 65.7 Å². The largest absolute Gasteiger partial charge is 0.493 e. The lowest BCUT2D eigenvalue weighted by molar-refractivity contribution is -0.118. The zero-order valence-corrected chi connectivity index (χ0v) is 23.5. The van der Waals surface area contributed by atoms with Gasteiger partial charge in [0.25, 0.3) is 11.8 Å². The molecule has 0 aromatic heterocycles. The number of hydrogen-bond acceptors (Lipinski definition) is 4. The Hall–Kier alpha value is -4.62. The molecule has 0 aliphatic carbocycles. The minimum atomic E-state index is -0.512. The topological polar surface area (TPSA) is 59.1 Å². The van der Waals surface area contributed by atoms with Gasteiger partial charge in [-0.2, -0.15) is 0 Å². The fraction of sp³-hybridized carbons (Fsp3) is 0.0909. The molecule has 1 atom stereocenters. The highest BCUT2D eigenvalue weighted by atomic mass is 79.9. The van der Waals surface area contributed by atoms with E-state index in [9.17, 15) is 9.59 Å². The molecule has 6 nitrogen and oxygen atoms in total. The van der Waals surface area contributed by atoms with Crippen LogP contribution in [0.4, 0.5) is 11.4 Å². The minimum absolute atomic E-state index is 0.234. The van der Waals surface area contributed by atoms with Crippen LogP contribution in [0.15, 0.2) is 124 Å². The number of hydrogen-bond donors (Lipinski definition) is 0. The second kappa shape index (κ2) is 10.5. The van der Waals surface area contributed by atoms with Crippen LogP contribution in [-0.4, -0.2) is 26.0 Å². The normalized spacial score (nSPS) is 17.6. The Morgan fingerprint density at radius 1 is 0.725 bits per heavy atom. The first kappa shape index (κ1) is 25.6. The van der Waals surface area contributed by atoms with Gasteiger partial charge in [0.2, 0.25) is 0 Å². The van der Waals surface area contributed by atoms with Crippen molar-refractivity contribution in [1.82, 2.24) is 0 Å². The Bertz CT molecular complexity index is 1660. The predicted octanol–water partition coefficient (Wildman–Crippen LogP) is 6.94. The van der Waals surface area contributed by atoms with Gasteiger partial charge in [-0.3, -0.25) is 19.4 Å². The summed E-state index contributed by atoms with van der Waals surface area (Å²) in [6.45, 7) is 0. The first-order valence-electron chi connectivity index (χ1n) is 12.7. The Kier molecular flexibility index (Phi) is 6.74. The summed E-state index contributed by atoms with van der Waals surface area (Å²) in [5, 5.41) is 0. The molecule has 2 heterocycles. The molecule has 0 saturated heterocycles. The zero-order valence-electron chi connectivity index (χ0n) is 21.9. The Balaban J connectivity index is 1.60. The Morgan fingerprint density at radius 3 is 1.98 bits per heavy atom. The SMILES string of the molecule is COc1ccc(/C=C2\C(=O)N(c3ccccc3)C3=C2[C@H](c2ccc(Br)cc2)N(c2ccccc2)C3=O)cc1OC. The highest BCUT2D eigenvalue weighted by molar-refractivity contribution is 9.10. The molecule has 0 spiro atoms. The molecule has 0 N–H and O–H groups in total. The van der Waals surface area contributed by atoms with Crippen LogP contribution >= 0.6 is 15.9 Å². The molecule has 0 radical (unpaired) electrons. The molecule has 6 rings (SSSR count). The lowest BCUT2D eigenvalue weighted by Gasteiger charge is -2.30. The number of rotatable bonds is 6. The van der Waals surface area contributed by atoms with Crippen LogP contribution in [0.3, 0.4) is 0 Å². The molecule has 4 aromatic rings. The van der Waals surface area contributed by atoms with E-state index in [2.05, 4.69) is 15.9 Å². The van der Waals surface area contributed by atoms with E-state index in [4.69, 9.17) is 9.47 Å². The number of methoxy groups -OCH3 is 2. The summed E-state index contributed by atoms with van der Waals surface area (Å²) in [7, 11) is 3.15. The van der Waals surface area contributed by atoms with Gasteiger partial charge in [0, 0.05) is 27.0 Å². The fourth-order valence-corrected chi connectivity index (χ4v) is 5.59. The third-order valence-electron chi connectivity index (χ3n) is 7.11. The number of carbonyl (C=O) groups excluding carboxylic acids is 2. The van der Waals surface area contributed by atoms with Gasteiger partial charge in [0.15, 0.2) is 11.5 Å². The van der Waals surface area contributed by atoms with Gasteiger partial charge in [-0.1, -0.05) is 70.5 Å². The zero-order chi connectivity index (χ0) is 27.8. The predicted molar refractivity (Wildman–Crippen MR) is 159 cm³/mol. The maximum atomic E-state index is 14.4. The number of para-hydroxylation sites is 2. The van der Waals surface area contributed by atoms with Crippen LogP contribution in [0.25, 0.3) is 6.08 Å². The maximum Gasteiger partial charge on any atom is 0.276 e. The van der Waals surface area contributed by atoms with Crippen molar-refractivity contribution in [2.24, 2.45) is 0 Å². The molecule has 40 heavy (non-hydrogen) atoms. The number of benzene rings is 4. The molecule has 2 aliphatic heterocycles. The summed E-state index contributed by atoms with van der Waals surface area (Å²) in [6.07, 6.45) is 1.83. The average Bonchev–Trinajstić information content (AvgIpc) is 3.44. The average molecular weight is 593 g/mol. The third-order valence-corrected chi connectivity index (χ3v) is 7.64. The van der Waals surface area contributed by atoms with E-state index >= 15 is 0 Å². The summed E-state index contributed by atoms with van der Waals surface area (Å²) in [5.41, 5.74) is 4.51. The van der Waals surface area contributed by atoms with Gasteiger partial charge in [-0.15, -0.1) is 0 Å². The van der Waals surface area contributed by atoms with Crippen molar-refractivity contribution in [3.63, 3.8) is 0 Å². The monoisotopic (exact) mass is 592 g/mol. The summed E-state index contributed by atoms with van der Waals surface area (Å²) < 4.78 is 11.8. The van der Waals surface area contributed by atoms with E-state index in [0.717, 1.165) is 21.3 Å². The van der Waals surface area contributed by atoms with Crippen molar-refractivity contribution in [2.75, 3.05) is 24.0 Å². The van der Waals surface area contributed by atoms with Crippen LogP contribution < -0.4 is 19.3 Å². The van der Waals surface area contributed by atoms with E-state index in [1.165, 1.54) is 0 Å². The first-order chi connectivity index (χ1) is 19.5. The molecule has 2 amide bonds. The molecule has 0 unspecified atom stereocenters. The standard InChI is InChI=1S/C33H25BrN2O4/c1-39-27-18-13-21(20-28(27)40-2)19-26-29-30(22-14-16-23(34)17-15-22)35(24-9-5-3-6-10-24)33(38)31(29)36(32(26)37)25-11-7-4-8-12-25/h3-20,30H,1-2H3/b26-19-/t30-/m0/s1. The number of ether oxygens (including phenoxy) is 2. The molecular weight excluding hydrogens is 568 g/mol. The number of halogens is 1. The molecule has 2 aliphatic rings. The third kappa shape index (κ3) is 4.28. The van der Waals surface area contributed by atoms with Crippen molar-refractivity contribution in [2.45, 2.75) is 6.04 Å².